The van der Waals surface area contributed by atoms with Crippen molar-refractivity contribution >= 4 is 50.7 Å². The zero-order chi connectivity index (χ0) is 22.8. The van der Waals surface area contributed by atoms with Crippen LogP contribution in [0, 0.1) is 5.92 Å². The van der Waals surface area contributed by atoms with Gasteiger partial charge in [0.15, 0.2) is 10.9 Å². The van der Waals surface area contributed by atoms with Gasteiger partial charge in [0.25, 0.3) is 5.56 Å². The van der Waals surface area contributed by atoms with E-state index < -0.39 is 0 Å². The molecule has 1 amide bonds. The number of hydrogen-bond acceptors (Lipinski definition) is 6. The number of anilines is 1. The molecule has 2 heterocycles. The van der Waals surface area contributed by atoms with Crippen molar-refractivity contribution in [1.82, 2.24) is 9.55 Å². The van der Waals surface area contributed by atoms with Crippen molar-refractivity contribution in [3.63, 3.8) is 0 Å². The maximum Gasteiger partial charge on any atom is 0.263 e. The van der Waals surface area contributed by atoms with Gasteiger partial charge in [-0.05, 0) is 62.4 Å². The van der Waals surface area contributed by atoms with Crippen LogP contribution in [0.1, 0.15) is 54.4 Å². The lowest BCUT2D eigenvalue weighted by Crippen LogP contribution is -2.23. The number of carbonyl (C=O) groups excluding carboxylic acids is 2. The number of thioether (sulfide) groups is 1. The molecule has 1 aliphatic rings. The summed E-state index contributed by atoms with van der Waals surface area (Å²) in [6.07, 6.45) is 4.26. The van der Waals surface area contributed by atoms with E-state index in [4.69, 9.17) is 4.98 Å². The minimum atomic E-state index is -0.109. The summed E-state index contributed by atoms with van der Waals surface area (Å²) in [6.45, 7) is 6.12. The summed E-state index contributed by atoms with van der Waals surface area (Å²) in [4.78, 5) is 44.6. The molecular formula is C24H27N3O3S2. The number of aromatic nitrogens is 2. The summed E-state index contributed by atoms with van der Waals surface area (Å²) in [5.74, 6) is -0.0171. The number of thiophene rings is 1. The number of nitrogens with one attached hydrogen (secondary N) is 1. The number of hydrogen-bond donors (Lipinski definition) is 1. The average molecular weight is 470 g/mol. The monoisotopic (exact) mass is 469 g/mol. The van der Waals surface area contributed by atoms with Crippen molar-refractivity contribution in [2.24, 2.45) is 5.92 Å². The van der Waals surface area contributed by atoms with Crippen LogP contribution in [0.3, 0.4) is 0 Å². The van der Waals surface area contributed by atoms with E-state index in [1.165, 1.54) is 22.2 Å². The van der Waals surface area contributed by atoms with Crippen LogP contribution in [0.4, 0.5) is 5.69 Å². The van der Waals surface area contributed by atoms with E-state index in [1.54, 1.807) is 40.2 Å². The van der Waals surface area contributed by atoms with Gasteiger partial charge in [0.1, 0.15) is 4.83 Å². The van der Waals surface area contributed by atoms with E-state index in [1.807, 2.05) is 20.8 Å². The smallest absolute Gasteiger partial charge is 0.263 e. The molecule has 0 saturated heterocycles. The largest absolute Gasteiger partial charge is 0.326 e. The van der Waals surface area contributed by atoms with Crippen LogP contribution in [0.25, 0.3) is 10.2 Å². The summed E-state index contributed by atoms with van der Waals surface area (Å²) < 4.78 is 1.69. The fourth-order valence-electron chi connectivity index (χ4n) is 3.85. The van der Waals surface area contributed by atoms with Gasteiger partial charge in [-0.2, -0.15) is 0 Å². The maximum absolute atomic E-state index is 13.2. The molecule has 0 atom stereocenters. The third-order valence-electron chi connectivity index (χ3n) is 5.69. The topological polar surface area (TPSA) is 81.1 Å². The Balaban J connectivity index is 1.52. The van der Waals surface area contributed by atoms with Crippen LogP contribution < -0.4 is 10.9 Å². The van der Waals surface area contributed by atoms with Gasteiger partial charge in [-0.3, -0.25) is 19.0 Å². The minimum Gasteiger partial charge on any atom is -0.326 e. The second-order valence-corrected chi connectivity index (χ2v) is 10.3. The van der Waals surface area contributed by atoms with Crippen molar-refractivity contribution in [2.45, 2.75) is 58.2 Å². The molecule has 0 saturated carbocycles. The van der Waals surface area contributed by atoms with Crippen molar-refractivity contribution in [2.75, 3.05) is 11.1 Å². The van der Waals surface area contributed by atoms with E-state index >= 15 is 0 Å². The quantitative estimate of drug-likeness (QED) is 0.302. The van der Waals surface area contributed by atoms with Crippen molar-refractivity contribution in [3.05, 3.63) is 50.6 Å². The van der Waals surface area contributed by atoms with Crippen LogP contribution in [0.15, 0.2) is 34.2 Å². The number of benzene rings is 1. The van der Waals surface area contributed by atoms with E-state index in [2.05, 4.69) is 5.32 Å². The highest BCUT2D eigenvalue weighted by Crippen LogP contribution is 2.34. The predicted octanol–water partition coefficient (Wildman–Crippen LogP) is 4.93. The van der Waals surface area contributed by atoms with Gasteiger partial charge < -0.3 is 5.32 Å². The molecule has 0 radical (unpaired) electrons. The normalized spacial score (nSPS) is 13.4. The molecule has 1 N–H and O–H groups in total. The Kier molecular flexibility index (Phi) is 6.81. The fourth-order valence-corrected chi connectivity index (χ4v) is 6.11. The van der Waals surface area contributed by atoms with Crippen LogP contribution in [-0.2, 0) is 24.2 Å². The number of fused-ring (bicyclic) bond motifs is 3. The highest BCUT2D eigenvalue weighted by atomic mass is 32.2. The molecule has 0 spiro atoms. The Bertz CT molecular complexity index is 1230. The van der Waals surface area contributed by atoms with Gasteiger partial charge in [0.05, 0.1) is 11.1 Å². The van der Waals surface area contributed by atoms with Crippen LogP contribution >= 0.6 is 23.1 Å². The first-order valence-electron chi connectivity index (χ1n) is 11.0. The molecule has 2 aromatic heterocycles. The Morgan fingerprint density at radius 2 is 1.91 bits per heavy atom. The Labute approximate surface area is 195 Å². The zero-order valence-corrected chi connectivity index (χ0v) is 20.2. The maximum atomic E-state index is 13.2. The summed E-state index contributed by atoms with van der Waals surface area (Å²) in [5.41, 5.74) is 2.44. The molecule has 0 fully saturated rings. The second kappa shape index (κ2) is 9.58. The van der Waals surface area contributed by atoms with Gasteiger partial charge in [-0.15, -0.1) is 11.3 Å². The van der Waals surface area contributed by atoms with E-state index in [9.17, 15) is 14.4 Å². The third kappa shape index (κ3) is 4.52. The predicted molar refractivity (Wildman–Crippen MR) is 131 cm³/mol. The molecule has 0 aliphatic heterocycles. The van der Waals surface area contributed by atoms with Crippen LogP contribution in [-0.4, -0.2) is 27.0 Å². The first kappa shape index (κ1) is 22.7. The number of carbonyl (C=O) groups is 2. The fraction of sp³-hybridized carbons (Fsp3) is 0.417. The first-order chi connectivity index (χ1) is 15.4. The lowest BCUT2D eigenvalue weighted by molar-refractivity contribution is -0.118. The molecule has 1 aliphatic carbocycles. The standard InChI is InChI=1S/C24H27N3O3S2/c1-4-27-23(30)20-17-7-5-6-8-19(17)32-22(20)26-24(27)31-13-18(28)15-9-11-16(12-10-15)25-21(29)14(2)3/h9-12,14H,4-8,13H2,1-3H3,(H,25,29). The Hall–Kier alpha value is -2.45. The zero-order valence-electron chi connectivity index (χ0n) is 18.6. The van der Waals surface area contributed by atoms with E-state index in [0.717, 1.165) is 35.9 Å². The highest BCUT2D eigenvalue weighted by molar-refractivity contribution is 7.99. The van der Waals surface area contributed by atoms with Gasteiger partial charge in [0, 0.05) is 28.6 Å². The molecule has 32 heavy (non-hydrogen) atoms. The van der Waals surface area contributed by atoms with Crippen LogP contribution in [0.2, 0.25) is 0 Å². The van der Waals surface area contributed by atoms with Gasteiger partial charge in [0.2, 0.25) is 5.91 Å². The molecule has 1 aromatic carbocycles. The summed E-state index contributed by atoms with van der Waals surface area (Å²) >= 11 is 2.94. The highest BCUT2D eigenvalue weighted by Gasteiger charge is 2.22. The second-order valence-electron chi connectivity index (χ2n) is 8.27. The van der Waals surface area contributed by atoms with Gasteiger partial charge in [-0.1, -0.05) is 25.6 Å². The van der Waals surface area contributed by atoms with E-state index in [-0.39, 0.29) is 28.9 Å². The Morgan fingerprint density at radius 3 is 2.59 bits per heavy atom. The number of ketones is 1. The molecule has 0 unspecified atom stereocenters. The lowest BCUT2D eigenvalue weighted by atomic mass is 9.97. The van der Waals surface area contributed by atoms with Crippen LogP contribution in [0.5, 0.6) is 0 Å². The molecular weight excluding hydrogens is 442 g/mol. The summed E-state index contributed by atoms with van der Waals surface area (Å²) in [6, 6.07) is 6.91. The Morgan fingerprint density at radius 1 is 1.19 bits per heavy atom. The molecule has 6 nitrogen and oxygen atoms in total. The molecule has 3 aromatic rings. The lowest BCUT2D eigenvalue weighted by Gasteiger charge is -2.12. The number of aryl methyl sites for hydroxylation is 2. The first-order valence-corrected chi connectivity index (χ1v) is 12.8. The molecule has 0 bridgehead atoms. The van der Waals surface area contributed by atoms with Crippen molar-refractivity contribution < 1.29 is 9.59 Å². The number of amides is 1. The molecule has 8 heteroatoms. The van der Waals surface area contributed by atoms with Gasteiger partial charge >= 0.3 is 0 Å². The molecule has 4 rings (SSSR count). The summed E-state index contributed by atoms with van der Waals surface area (Å²) in [5, 5.41) is 4.20. The summed E-state index contributed by atoms with van der Waals surface area (Å²) in [7, 11) is 0. The van der Waals surface area contributed by atoms with Crippen molar-refractivity contribution in [3.8, 4) is 0 Å². The van der Waals surface area contributed by atoms with Crippen molar-refractivity contribution in [1.29, 1.82) is 0 Å². The number of rotatable bonds is 7. The molecule has 168 valence electrons. The number of Topliss-reactive ketones (excluding diaryl/α,β-unsaturated/α-hetero) is 1. The number of nitrogens with zero attached hydrogens (tertiary/aromatic N) is 2. The SMILES string of the molecule is CCn1c(SCC(=O)c2ccc(NC(=O)C(C)C)cc2)nc2sc3c(c2c1=O)CCCC3. The average Bonchev–Trinajstić information content (AvgIpc) is 3.16. The third-order valence-corrected chi connectivity index (χ3v) is 7.85. The van der Waals surface area contributed by atoms with Gasteiger partial charge in [-0.25, -0.2) is 4.98 Å². The minimum absolute atomic E-state index is 0.0112. The van der Waals surface area contributed by atoms with E-state index in [0.29, 0.717) is 23.0 Å².